The summed E-state index contributed by atoms with van der Waals surface area (Å²) >= 11 is 1.70. The van der Waals surface area contributed by atoms with Crippen LogP contribution < -0.4 is 5.32 Å². The maximum absolute atomic E-state index is 12.0. The predicted octanol–water partition coefficient (Wildman–Crippen LogP) is 2.97. The summed E-state index contributed by atoms with van der Waals surface area (Å²) in [5.74, 6) is 0. The normalized spacial score (nSPS) is 16.2. The molecule has 0 spiro atoms. The van der Waals surface area contributed by atoms with Crippen LogP contribution in [0.25, 0.3) is 0 Å². The van der Waals surface area contributed by atoms with E-state index in [1.807, 2.05) is 11.8 Å². The standard InChI is InChI=1S/C14H23N3OS/c1-12-11-19-13(16-12)7-6-8-15-14(18)17-9-4-2-3-5-10-17/h11H,2-10H2,1H3,(H,15,18). The van der Waals surface area contributed by atoms with Gasteiger partial charge in [0.15, 0.2) is 0 Å². The van der Waals surface area contributed by atoms with E-state index in [1.54, 1.807) is 11.3 Å². The molecule has 1 fully saturated rings. The fraction of sp³-hybridized carbons (Fsp3) is 0.714. The summed E-state index contributed by atoms with van der Waals surface area (Å²) in [6.45, 7) is 4.59. The molecule has 2 rings (SSSR count). The number of thiazole rings is 1. The zero-order valence-electron chi connectivity index (χ0n) is 11.7. The third kappa shape index (κ3) is 4.82. The van der Waals surface area contributed by atoms with Gasteiger partial charge < -0.3 is 10.2 Å². The van der Waals surface area contributed by atoms with Gasteiger partial charge >= 0.3 is 6.03 Å². The van der Waals surface area contributed by atoms with Gasteiger partial charge in [-0.2, -0.15) is 0 Å². The van der Waals surface area contributed by atoms with Crippen molar-refractivity contribution in [2.24, 2.45) is 0 Å². The molecule has 0 atom stereocenters. The van der Waals surface area contributed by atoms with E-state index in [4.69, 9.17) is 0 Å². The molecule has 1 aromatic heterocycles. The minimum absolute atomic E-state index is 0.109. The van der Waals surface area contributed by atoms with Crippen molar-refractivity contribution in [1.82, 2.24) is 15.2 Å². The summed E-state index contributed by atoms with van der Waals surface area (Å²) in [7, 11) is 0. The van der Waals surface area contributed by atoms with E-state index in [2.05, 4.69) is 15.7 Å². The molecule has 0 aliphatic carbocycles. The quantitative estimate of drug-likeness (QED) is 0.862. The summed E-state index contributed by atoms with van der Waals surface area (Å²) in [5.41, 5.74) is 1.09. The Bertz CT molecular complexity index is 397. The van der Waals surface area contributed by atoms with Gasteiger partial charge in [-0.25, -0.2) is 9.78 Å². The number of amides is 2. The Balaban J connectivity index is 1.63. The van der Waals surface area contributed by atoms with Crippen molar-refractivity contribution in [2.45, 2.75) is 45.4 Å². The summed E-state index contributed by atoms with van der Waals surface area (Å²) < 4.78 is 0. The van der Waals surface area contributed by atoms with E-state index in [-0.39, 0.29) is 6.03 Å². The number of aromatic nitrogens is 1. The molecule has 1 saturated heterocycles. The number of aryl methyl sites for hydroxylation is 2. The Morgan fingerprint density at radius 2 is 2.11 bits per heavy atom. The van der Waals surface area contributed by atoms with E-state index in [0.29, 0.717) is 0 Å². The number of carbonyl (C=O) groups excluding carboxylic acids is 1. The maximum Gasteiger partial charge on any atom is 0.317 e. The van der Waals surface area contributed by atoms with Crippen LogP contribution in [0.15, 0.2) is 5.38 Å². The van der Waals surface area contributed by atoms with E-state index in [9.17, 15) is 4.79 Å². The second-order valence-corrected chi connectivity index (χ2v) is 6.06. The van der Waals surface area contributed by atoms with Gasteiger partial charge in [-0.1, -0.05) is 12.8 Å². The van der Waals surface area contributed by atoms with Gasteiger partial charge in [0, 0.05) is 37.1 Å². The predicted molar refractivity (Wildman–Crippen MR) is 78.6 cm³/mol. The molecule has 2 amide bonds. The Hall–Kier alpha value is -1.10. The highest BCUT2D eigenvalue weighted by Crippen LogP contribution is 2.11. The first kappa shape index (κ1) is 14.3. The molecule has 0 radical (unpaired) electrons. The summed E-state index contributed by atoms with van der Waals surface area (Å²) in [6, 6.07) is 0.109. The van der Waals surface area contributed by atoms with Crippen LogP contribution in [0.5, 0.6) is 0 Å². The van der Waals surface area contributed by atoms with Crippen LogP contribution in [0.4, 0.5) is 4.79 Å². The summed E-state index contributed by atoms with van der Waals surface area (Å²) in [5, 5.41) is 6.26. The Kier molecular flexibility index (Phi) is 5.63. The van der Waals surface area contributed by atoms with Crippen molar-refractivity contribution in [2.75, 3.05) is 19.6 Å². The van der Waals surface area contributed by atoms with Crippen LogP contribution in [0.2, 0.25) is 0 Å². The minimum Gasteiger partial charge on any atom is -0.338 e. The molecule has 0 saturated carbocycles. The maximum atomic E-state index is 12.0. The van der Waals surface area contributed by atoms with Gasteiger partial charge in [0.05, 0.1) is 5.01 Å². The first-order valence-electron chi connectivity index (χ1n) is 7.19. The molecule has 1 aliphatic heterocycles. The Morgan fingerprint density at radius 1 is 1.37 bits per heavy atom. The molecule has 1 N–H and O–H groups in total. The van der Waals surface area contributed by atoms with Crippen molar-refractivity contribution in [3.63, 3.8) is 0 Å². The van der Waals surface area contributed by atoms with E-state index >= 15 is 0 Å². The number of urea groups is 1. The van der Waals surface area contributed by atoms with Crippen molar-refractivity contribution in [1.29, 1.82) is 0 Å². The molecule has 4 nitrogen and oxygen atoms in total. The number of likely N-dealkylation sites (tertiary alicyclic amines) is 1. The van der Waals surface area contributed by atoms with Gasteiger partial charge in [-0.15, -0.1) is 11.3 Å². The molecule has 2 heterocycles. The monoisotopic (exact) mass is 281 g/mol. The fourth-order valence-corrected chi connectivity index (χ4v) is 3.16. The van der Waals surface area contributed by atoms with Gasteiger partial charge in [0.2, 0.25) is 0 Å². The van der Waals surface area contributed by atoms with E-state index < -0.39 is 0 Å². The smallest absolute Gasteiger partial charge is 0.317 e. The average Bonchev–Trinajstić information content (AvgIpc) is 2.67. The zero-order chi connectivity index (χ0) is 13.5. The van der Waals surface area contributed by atoms with E-state index in [0.717, 1.165) is 51.0 Å². The van der Waals surface area contributed by atoms with Crippen molar-refractivity contribution >= 4 is 17.4 Å². The van der Waals surface area contributed by atoms with Gasteiger partial charge in [0.1, 0.15) is 0 Å². The molecule has 5 heteroatoms. The number of nitrogens with zero attached hydrogens (tertiary/aromatic N) is 2. The van der Waals surface area contributed by atoms with Gasteiger partial charge in [0.25, 0.3) is 0 Å². The highest BCUT2D eigenvalue weighted by atomic mass is 32.1. The average molecular weight is 281 g/mol. The van der Waals surface area contributed by atoms with Crippen LogP contribution in [-0.4, -0.2) is 35.5 Å². The lowest BCUT2D eigenvalue weighted by molar-refractivity contribution is 0.200. The van der Waals surface area contributed by atoms with Crippen LogP contribution >= 0.6 is 11.3 Å². The van der Waals surface area contributed by atoms with Crippen LogP contribution in [0.3, 0.4) is 0 Å². The molecule has 19 heavy (non-hydrogen) atoms. The Morgan fingerprint density at radius 3 is 2.74 bits per heavy atom. The number of nitrogens with one attached hydrogen (secondary N) is 1. The highest BCUT2D eigenvalue weighted by molar-refractivity contribution is 7.09. The molecular formula is C14H23N3OS. The van der Waals surface area contributed by atoms with Crippen LogP contribution in [0, 0.1) is 6.92 Å². The third-order valence-electron chi connectivity index (χ3n) is 3.40. The van der Waals surface area contributed by atoms with Crippen molar-refractivity contribution in [3.8, 4) is 0 Å². The lowest BCUT2D eigenvalue weighted by Gasteiger charge is -2.20. The number of hydrogen-bond donors (Lipinski definition) is 1. The molecule has 1 aliphatic rings. The lowest BCUT2D eigenvalue weighted by Crippen LogP contribution is -2.40. The summed E-state index contributed by atoms with van der Waals surface area (Å²) in [4.78, 5) is 18.4. The third-order valence-corrected chi connectivity index (χ3v) is 4.43. The molecule has 0 unspecified atom stereocenters. The molecule has 0 bridgehead atoms. The lowest BCUT2D eigenvalue weighted by atomic mass is 10.2. The topological polar surface area (TPSA) is 45.2 Å². The molecular weight excluding hydrogens is 258 g/mol. The molecule has 106 valence electrons. The minimum atomic E-state index is 0.109. The number of carbonyl (C=O) groups is 1. The first-order chi connectivity index (χ1) is 9.25. The second-order valence-electron chi connectivity index (χ2n) is 5.12. The Labute approximate surface area is 119 Å². The largest absolute Gasteiger partial charge is 0.338 e. The number of hydrogen-bond acceptors (Lipinski definition) is 3. The number of rotatable bonds is 4. The van der Waals surface area contributed by atoms with Crippen LogP contribution in [0.1, 0.15) is 42.8 Å². The SMILES string of the molecule is Cc1csc(CCCNC(=O)N2CCCCCC2)n1. The van der Waals surface area contributed by atoms with Crippen molar-refractivity contribution < 1.29 is 4.79 Å². The molecule has 0 aromatic carbocycles. The fourth-order valence-electron chi connectivity index (χ4n) is 2.34. The van der Waals surface area contributed by atoms with Gasteiger partial charge in [-0.3, -0.25) is 0 Å². The zero-order valence-corrected chi connectivity index (χ0v) is 12.5. The van der Waals surface area contributed by atoms with E-state index in [1.165, 1.54) is 17.8 Å². The first-order valence-corrected chi connectivity index (χ1v) is 8.07. The van der Waals surface area contributed by atoms with Crippen molar-refractivity contribution in [3.05, 3.63) is 16.1 Å². The highest BCUT2D eigenvalue weighted by Gasteiger charge is 2.14. The summed E-state index contributed by atoms with van der Waals surface area (Å²) in [6.07, 6.45) is 6.73. The molecule has 1 aromatic rings. The van der Waals surface area contributed by atoms with Gasteiger partial charge in [-0.05, 0) is 26.2 Å². The second kappa shape index (κ2) is 7.48. The van der Waals surface area contributed by atoms with Crippen LogP contribution in [-0.2, 0) is 6.42 Å².